The van der Waals surface area contributed by atoms with Crippen LogP contribution in [0.1, 0.15) is 36.5 Å². The summed E-state index contributed by atoms with van der Waals surface area (Å²) in [5.74, 6) is 0.524. The Morgan fingerprint density at radius 3 is 2.89 bits per heavy atom. The number of carbonyl (C=O) groups excluding carboxylic acids is 1. The zero-order chi connectivity index (χ0) is 13.3. The molecule has 1 aromatic heterocycles. The highest BCUT2D eigenvalue weighted by Crippen LogP contribution is 2.23. The predicted octanol–water partition coefficient (Wildman–Crippen LogP) is 2.07. The summed E-state index contributed by atoms with van der Waals surface area (Å²) < 4.78 is 1.67. The summed E-state index contributed by atoms with van der Waals surface area (Å²) in [5, 5.41) is 4.37. The van der Waals surface area contributed by atoms with Gasteiger partial charge in [-0.15, -0.1) is 11.6 Å². The van der Waals surface area contributed by atoms with Crippen LogP contribution in [0.5, 0.6) is 0 Å². The van der Waals surface area contributed by atoms with Crippen molar-refractivity contribution in [3.63, 3.8) is 0 Å². The second-order valence-corrected chi connectivity index (χ2v) is 5.59. The molecule has 1 amide bonds. The molecule has 0 bridgehead atoms. The largest absolute Gasteiger partial charge is 0.336 e. The van der Waals surface area contributed by atoms with Gasteiger partial charge in [0.05, 0.1) is 11.1 Å². The maximum atomic E-state index is 12.4. The van der Waals surface area contributed by atoms with Crippen LogP contribution in [0.15, 0.2) is 6.07 Å². The van der Waals surface area contributed by atoms with Crippen LogP contribution in [0.4, 0.5) is 0 Å². The number of likely N-dealkylation sites (tertiary alicyclic amines) is 1. The van der Waals surface area contributed by atoms with Crippen molar-refractivity contribution in [1.29, 1.82) is 0 Å². The average Bonchev–Trinajstić information content (AvgIpc) is 2.73. The Balaban J connectivity index is 2.13. The van der Waals surface area contributed by atoms with Gasteiger partial charge in [-0.1, -0.05) is 13.8 Å². The molecule has 0 N–H and O–H groups in total. The van der Waals surface area contributed by atoms with Crippen LogP contribution >= 0.6 is 11.6 Å². The summed E-state index contributed by atoms with van der Waals surface area (Å²) in [5.41, 5.74) is 1.61. The van der Waals surface area contributed by atoms with Gasteiger partial charge in [0.25, 0.3) is 5.91 Å². The number of aromatic nitrogens is 2. The Morgan fingerprint density at radius 2 is 2.33 bits per heavy atom. The van der Waals surface area contributed by atoms with Crippen LogP contribution in [-0.4, -0.2) is 39.1 Å². The van der Waals surface area contributed by atoms with Crippen LogP contribution in [-0.2, 0) is 13.5 Å². The van der Waals surface area contributed by atoms with Gasteiger partial charge in [0.1, 0.15) is 5.69 Å². The number of hydrogen-bond acceptors (Lipinski definition) is 2. The van der Waals surface area contributed by atoms with E-state index in [4.69, 9.17) is 11.6 Å². The Labute approximate surface area is 113 Å². The van der Waals surface area contributed by atoms with Gasteiger partial charge in [-0.25, -0.2) is 0 Å². The topological polar surface area (TPSA) is 38.1 Å². The Morgan fingerprint density at radius 1 is 1.61 bits per heavy atom. The second-order valence-electron chi connectivity index (χ2n) is 5.03. The third-order valence-corrected chi connectivity index (χ3v) is 4.23. The lowest BCUT2D eigenvalue weighted by molar-refractivity contribution is 0.0690. The molecule has 100 valence electrons. The number of nitrogens with zero attached hydrogens (tertiary/aromatic N) is 3. The molecule has 0 saturated carbocycles. The van der Waals surface area contributed by atoms with Gasteiger partial charge < -0.3 is 4.90 Å². The first kappa shape index (κ1) is 13.4. The highest BCUT2D eigenvalue weighted by molar-refractivity contribution is 6.21. The van der Waals surface area contributed by atoms with Crippen molar-refractivity contribution in [3.8, 4) is 0 Å². The normalized spacial score (nSPS) is 24.3. The molecule has 18 heavy (non-hydrogen) atoms. The number of rotatable bonds is 2. The van der Waals surface area contributed by atoms with Gasteiger partial charge in [-0.3, -0.25) is 9.48 Å². The fourth-order valence-corrected chi connectivity index (χ4v) is 2.56. The molecule has 2 unspecified atom stereocenters. The van der Waals surface area contributed by atoms with E-state index in [0.717, 1.165) is 25.1 Å². The van der Waals surface area contributed by atoms with E-state index in [1.807, 2.05) is 24.9 Å². The first-order valence-electron chi connectivity index (χ1n) is 6.49. The molecule has 1 aliphatic rings. The van der Waals surface area contributed by atoms with Crippen LogP contribution in [0.2, 0.25) is 0 Å². The summed E-state index contributed by atoms with van der Waals surface area (Å²) in [6.07, 6.45) is 1.81. The first-order valence-corrected chi connectivity index (χ1v) is 6.92. The quantitative estimate of drug-likeness (QED) is 0.771. The Hall–Kier alpha value is -1.03. The molecule has 4 nitrogen and oxygen atoms in total. The number of aryl methyl sites for hydroxylation is 2. The number of hydrogen-bond donors (Lipinski definition) is 0. The molecule has 5 heteroatoms. The number of alkyl halides is 1. The number of carbonyl (C=O) groups is 1. The molecule has 1 fully saturated rings. The van der Waals surface area contributed by atoms with Crippen LogP contribution in [0.25, 0.3) is 0 Å². The van der Waals surface area contributed by atoms with Gasteiger partial charge in [0.15, 0.2) is 0 Å². The van der Waals surface area contributed by atoms with Crippen molar-refractivity contribution in [2.45, 2.75) is 32.1 Å². The molecule has 0 spiro atoms. The SMILES string of the molecule is CCc1cc(C(=O)N2CCC(C)C(Cl)C2)n(C)n1. The minimum Gasteiger partial charge on any atom is -0.336 e. The second kappa shape index (κ2) is 5.31. The minimum absolute atomic E-state index is 0.0438. The molecule has 0 aromatic carbocycles. The zero-order valence-corrected chi connectivity index (χ0v) is 11.9. The molecule has 2 heterocycles. The highest BCUT2D eigenvalue weighted by Gasteiger charge is 2.29. The number of piperidine rings is 1. The van der Waals surface area contributed by atoms with Crippen molar-refractivity contribution >= 4 is 17.5 Å². The maximum Gasteiger partial charge on any atom is 0.272 e. The maximum absolute atomic E-state index is 12.4. The van der Waals surface area contributed by atoms with E-state index in [0.29, 0.717) is 18.2 Å². The molecule has 1 saturated heterocycles. The fraction of sp³-hybridized carbons (Fsp3) is 0.692. The third kappa shape index (κ3) is 2.53. The standard InChI is InChI=1S/C13H20ClN3O/c1-4-10-7-12(16(3)15-10)13(18)17-6-5-9(2)11(14)8-17/h7,9,11H,4-6,8H2,1-3H3. The molecular formula is C13H20ClN3O. The monoisotopic (exact) mass is 269 g/mol. The first-order chi connectivity index (χ1) is 8.52. The smallest absolute Gasteiger partial charge is 0.272 e. The summed E-state index contributed by atoms with van der Waals surface area (Å²) in [4.78, 5) is 14.2. The lowest BCUT2D eigenvalue weighted by atomic mass is 9.98. The molecule has 2 atom stereocenters. The van der Waals surface area contributed by atoms with Crippen molar-refractivity contribution in [2.75, 3.05) is 13.1 Å². The zero-order valence-electron chi connectivity index (χ0n) is 11.2. The van der Waals surface area contributed by atoms with Gasteiger partial charge >= 0.3 is 0 Å². The van der Waals surface area contributed by atoms with Crippen molar-refractivity contribution in [3.05, 3.63) is 17.5 Å². The summed E-state index contributed by atoms with van der Waals surface area (Å²) in [6, 6.07) is 1.88. The Bertz CT molecular complexity index is 443. The van der Waals surface area contributed by atoms with Gasteiger partial charge in [-0.05, 0) is 24.8 Å². The Kier molecular flexibility index (Phi) is 3.95. The minimum atomic E-state index is 0.0438. The van der Waals surface area contributed by atoms with E-state index >= 15 is 0 Å². The lowest BCUT2D eigenvalue weighted by Gasteiger charge is -2.33. The molecule has 2 rings (SSSR count). The van der Waals surface area contributed by atoms with Gasteiger partial charge in [-0.2, -0.15) is 5.10 Å². The van der Waals surface area contributed by atoms with Crippen molar-refractivity contribution in [2.24, 2.45) is 13.0 Å². The van der Waals surface area contributed by atoms with E-state index in [1.54, 1.807) is 4.68 Å². The van der Waals surface area contributed by atoms with Crippen LogP contribution in [0, 0.1) is 5.92 Å². The highest BCUT2D eigenvalue weighted by atomic mass is 35.5. The van der Waals surface area contributed by atoms with E-state index in [-0.39, 0.29) is 11.3 Å². The molecular weight excluding hydrogens is 250 g/mol. The van der Waals surface area contributed by atoms with Gasteiger partial charge in [0, 0.05) is 20.1 Å². The van der Waals surface area contributed by atoms with Gasteiger partial charge in [0.2, 0.25) is 0 Å². The molecule has 0 aliphatic carbocycles. The van der Waals surface area contributed by atoms with E-state index < -0.39 is 0 Å². The van der Waals surface area contributed by atoms with E-state index in [1.165, 1.54) is 0 Å². The summed E-state index contributed by atoms with van der Waals surface area (Å²) in [6.45, 7) is 5.59. The number of amides is 1. The van der Waals surface area contributed by atoms with E-state index in [2.05, 4.69) is 12.0 Å². The van der Waals surface area contributed by atoms with Crippen LogP contribution in [0.3, 0.4) is 0 Å². The lowest BCUT2D eigenvalue weighted by Crippen LogP contribution is -2.44. The molecule has 1 aliphatic heterocycles. The molecule has 1 aromatic rings. The van der Waals surface area contributed by atoms with Crippen molar-refractivity contribution in [1.82, 2.24) is 14.7 Å². The van der Waals surface area contributed by atoms with Crippen molar-refractivity contribution < 1.29 is 4.79 Å². The predicted molar refractivity (Wildman–Crippen MR) is 71.9 cm³/mol. The number of halogens is 1. The summed E-state index contributed by atoms with van der Waals surface area (Å²) >= 11 is 6.25. The van der Waals surface area contributed by atoms with Crippen LogP contribution < -0.4 is 0 Å². The fourth-order valence-electron chi connectivity index (χ4n) is 2.27. The third-order valence-electron chi connectivity index (χ3n) is 3.67. The molecule has 0 radical (unpaired) electrons. The van der Waals surface area contributed by atoms with E-state index in [9.17, 15) is 4.79 Å². The summed E-state index contributed by atoms with van der Waals surface area (Å²) in [7, 11) is 1.82. The average molecular weight is 270 g/mol.